The van der Waals surface area contributed by atoms with Crippen molar-refractivity contribution in [2.24, 2.45) is 0 Å². The predicted molar refractivity (Wildman–Crippen MR) is 131 cm³/mol. The Bertz CT molecular complexity index is 1220. The van der Waals surface area contributed by atoms with Gasteiger partial charge in [0.05, 0.1) is 11.3 Å². The Labute approximate surface area is 193 Å². The molecular weight excluding hydrogens is 420 g/mol. The van der Waals surface area contributed by atoms with Crippen LogP contribution in [0.1, 0.15) is 37.5 Å². The number of anilines is 2. The topological polar surface area (TPSA) is 49.4 Å². The third-order valence-electron chi connectivity index (χ3n) is 5.57. The van der Waals surface area contributed by atoms with Crippen LogP contribution in [0, 0.1) is 6.92 Å². The maximum atomic E-state index is 13.5. The molecule has 3 aromatic rings. The molecule has 0 saturated carbocycles. The zero-order chi connectivity index (χ0) is 23.0. The molecule has 1 heterocycles. The standard InChI is InChI=1S/C27H25ClN2O2/c1-17-16-20(28)12-15-22(17)30-25(31)23(18-8-6-5-7-9-18)24(26(30)32)29-21-13-10-19(11-14-21)27(2,3)4/h5-16,29H,1-4H3. The predicted octanol–water partition coefficient (Wildman–Crippen LogP) is 6.34. The molecular formula is C27H25ClN2O2. The van der Waals surface area contributed by atoms with Gasteiger partial charge in [-0.3, -0.25) is 9.59 Å². The van der Waals surface area contributed by atoms with Crippen LogP contribution in [-0.4, -0.2) is 11.8 Å². The smallest absolute Gasteiger partial charge is 0.282 e. The van der Waals surface area contributed by atoms with Crippen molar-refractivity contribution < 1.29 is 9.59 Å². The third-order valence-corrected chi connectivity index (χ3v) is 5.80. The molecule has 0 aromatic heterocycles. The molecule has 0 atom stereocenters. The Morgan fingerprint density at radius 1 is 0.844 bits per heavy atom. The zero-order valence-corrected chi connectivity index (χ0v) is 19.3. The summed E-state index contributed by atoms with van der Waals surface area (Å²) in [6, 6.07) is 22.3. The van der Waals surface area contributed by atoms with Gasteiger partial charge in [-0.05, 0) is 59.4 Å². The molecule has 4 nitrogen and oxygen atoms in total. The second-order valence-corrected chi connectivity index (χ2v) is 9.38. The normalized spacial score (nSPS) is 14.3. The second kappa shape index (κ2) is 8.29. The van der Waals surface area contributed by atoms with Crippen LogP contribution in [0.3, 0.4) is 0 Å². The van der Waals surface area contributed by atoms with E-state index >= 15 is 0 Å². The van der Waals surface area contributed by atoms with Gasteiger partial charge in [-0.15, -0.1) is 0 Å². The fraction of sp³-hybridized carbons (Fsp3) is 0.185. The molecule has 162 valence electrons. The van der Waals surface area contributed by atoms with Gasteiger partial charge in [0, 0.05) is 10.7 Å². The lowest BCUT2D eigenvalue weighted by atomic mass is 9.87. The maximum absolute atomic E-state index is 13.5. The Kier molecular flexibility index (Phi) is 5.66. The molecule has 3 aromatic carbocycles. The van der Waals surface area contributed by atoms with Gasteiger partial charge in [0.15, 0.2) is 0 Å². The first-order valence-corrected chi connectivity index (χ1v) is 10.9. The van der Waals surface area contributed by atoms with Gasteiger partial charge in [-0.1, -0.05) is 74.8 Å². The molecule has 0 bridgehead atoms. The van der Waals surface area contributed by atoms with Crippen molar-refractivity contribution in [3.8, 4) is 0 Å². The molecule has 1 aliphatic heterocycles. The van der Waals surface area contributed by atoms with E-state index in [-0.39, 0.29) is 22.9 Å². The summed E-state index contributed by atoms with van der Waals surface area (Å²) in [5.74, 6) is -0.750. The number of rotatable bonds is 4. The summed E-state index contributed by atoms with van der Waals surface area (Å²) in [5.41, 5.74) is 4.54. The van der Waals surface area contributed by atoms with E-state index in [1.54, 1.807) is 18.2 Å². The lowest BCUT2D eigenvalue weighted by Crippen LogP contribution is -2.33. The van der Waals surface area contributed by atoms with Crippen molar-refractivity contribution >= 4 is 40.4 Å². The molecule has 2 amide bonds. The number of nitrogens with one attached hydrogen (secondary N) is 1. The Morgan fingerprint density at radius 2 is 1.50 bits per heavy atom. The van der Waals surface area contributed by atoms with Crippen LogP contribution in [0.25, 0.3) is 5.57 Å². The van der Waals surface area contributed by atoms with E-state index in [0.29, 0.717) is 21.8 Å². The van der Waals surface area contributed by atoms with Crippen molar-refractivity contribution in [3.63, 3.8) is 0 Å². The Balaban J connectivity index is 1.78. The number of imide groups is 1. The fourth-order valence-electron chi connectivity index (χ4n) is 3.80. The molecule has 0 unspecified atom stereocenters. The molecule has 0 radical (unpaired) electrons. The summed E-state index contributed by atoms with van der Waals surface area (Å²) < 4.78 is 0. The van der Waals surface area contributed by atoms with Gasteiger partial charge in [0.2, 0.25) is 0 Å². The third kappa shape index (κ3) is 4.06. The minimum absolute atomic E-state index is 0.0229. The van der Waals surface area contributed by atoms with Crippen LogP contribution in [-0.2, 0) is 15.0 Å². The van der Waals surface area contributed by atoms with E-state index in [1.807, 2.05) is 61.5 Å². The number of carbonyl (C=O) groups excluding carboxylic acids is 2. The molecule has 0 fully saturated rings. The first kappa shape index (κ1) is 21.8. The molecule has 5 heteroatoms. The number of amides is 2. The van der Waals surface area contributed by atoms with Gasteiger partial charge in [-0.25, -0.2) is 4.90 Å². The lowest BCUT2D eigenvalue weighted by molar-refractivity contribution is -0.120. The first-order valence-electron chi connectivity index (χ1n) is 10.5. The number of halogens is 1. The number of benzene rings is 3. The summed E-state index contributed by atoms with van der Waals surface area (Å²) >= 11 is 6.09. The van der Waals surface area contributed by atoms with Crippen molar-refractivity contribution in [3.05, 3.63) is 100 Å². The van der Waals surface area contributed by atoms with E-state index in [0.717, 1.165) is 11.3 Å². The molecule has 0 saturated heterocycles. The highest BCUT2D eigenvalue weighted by Crippen LogP contribution is 2.36. The first-order chi connectivity index (χ1) is 15.2. The summed E-state index contributed by atoms with van der Waals surface area (Å²) in [4.78, 5) is 28.3. The average Bonchev–Trinajstić information content (AvgIpc) is 2.98. The van der Waals surface area contributed by atoms with Crippen molar-refractivity contribution in [1.82, 2.24) is 0 Å². The van der Waals surface area contributed by atoms with Crippen LogP contribution in [0.5, 0.6) is 0 Å². The highest BCUT2D eigenvalue weighted by Gasteiger charge is 2.40. The summed E-state index contributed by atoms with van der Waals surface area (Å²) in [6.45, 7) is 8.28. The number of carbonyl (C=O) groups is 2. The highest BCUT2D eigenvalue weighted by atomic mass is 35.5. The summed E-state index contributed by atoms with van der Waals surface area (Å²) in [7, 11) is 0. The van der Waals surface area contributed by atoms with E-state index in [9.17, 15) is 9.59 Å². The molecule has 4 rings (SSSR count). The number of nitrogens with zero attached hydrogens (tertiary/aromatic N) is 1. The van der Waals surface area contributed by atoms with Crippen LogP contribution < -0.4 is 10.2 Å². The van der Waals surface area contributed by atoms with Crippen molar-refractivity contribution in [1.29, 1.82) is 0 Å². The van der Waals surface area contributed by atoms with Crippen LogP contribution in [0.15, 0.2) is 78.5 Å². The molecule has 0 spiro atoms. The highest BCUT2D eigenvalue weighted by molar-refractivity contribution is 6.46. The van der Waals surface area contributed by atoms with Gasteiger partial charge < -0.3 is 5.32 Å². The van der Waals surface area contributed by atoms with Gasteiger partial charge in [0.25, 0.3) is 11.8 Å². The van der Waals surface area contributed by atoms with E-state index in [1.165, 1.54) is 10.5 Å². The van der Waals surface area contributed by atoms with Crippen LogP contribution >= 0.6 is 11.6 Å². The Morgan fingerprint density at radius 3 is 2.09 bits per heavy atom. The maximum Gasteiger partial charge on any atom is 0.282 e. The molecule has 1 N–H and O–H groups in total. The van der Waals surface area contributed by atoms with Gasteiger partial charge in [-0.2, -0.15) is 0 Å². The largest absolute Gasteiger partial charge is 0.350 e. The minimum atomic E-state index is -0.390. The quantitative estimate of drug-likeness (QED) is 0.477. The molecule has 1 aliphatic rings. The van der Waals surface area contributed by atoms with Gasteiger partial charge >= 0.3 is 0 Å². The van der Waals surface area contributed by atoms with E-state index in [4.69, 9.17) is 11.6 Å². The monoisotopic (exact) mass is 444 g/mol. The van der Waals surface area contributed by atoms with Crippen molar-refractivity contribution in [2.75, 3.05) is 10.2 Å². The lowest BCUT2D eigenvalue weighted by Gasteiger charge is -2.20. The van der Waals surface area contributed by atoms with Crippen LogP contribution in [0.4, 0.5) is 11.4 Å². The number of hydrogen-bond acceptors (Lipinski definition) is 3. The average molecular weight is 445 g/mol. The fourth-order valence-corrected chi connectivity index (χ4v) is 4.03. The number of hydrogen-bond donors (Lipinski definition) is 1. The van der Waals surface area contributed by atoms with Gasteiger partial charge in [0.1, 0.15) is 5.70 Å². The SMILES string of the molecule is Cc1cc(Cl)ccc1N1C(=O)C(Nc2ccc(C(C)(C)C)cc2)=C(c2ccccc2)C1=O. The zero-order valence-electron chi connectivity index (χ0n) is 18.6. The molecule has 0 aliphatic carbocycles. The Hall–Kier alpha value is -3.37. The summed E-state index contributed by atoms with van der Waals surface area (Å²) in [5, 5.41) is 3.77. The van der Waals surface area contributed by atoms with Crippen LogP contribution in [0.2, 0.25) is 5.02 Å². The minimum Gasteiger partial charge on any atom is -0.350 e. The molecule has 32 heavy (non-hydrogen) atoms. The van der Waals surface area contributed by atoms with E-state index in [2.05, 4.69) is 26.1 Å². The van der Waals surface area contributed by atoms with Crippen molar-refractivity contribution in [2.45, 2.75) is 33.1 Å². The summed E-state index contributed by atoms with van der Waals surface area (Å²) in [6.07, 6.45) is 0. The van der Waals surface area contributed by atoms with E-state index < -0.39 is 0 Å². The number of aryl methyl sites for hydroxylation is 1. The second-order valence-electron chi connectivity index (χ2n) is 8.94.